The first-order valence-electron chi connectivity index (χ1n) is 5.07. The molecule has 16 heavy (non-hydrogen) atoms. The summed E-state index contributed by atoms with van der Waals surface area (Å²) in [6.07, 6.45) is 4.89. The summed E-state index contributed by atoms with van der Waals surface area (Å²) in [6, 6.07) is 1.58. The molecule has 2 aromatic rings. The minimum absolute atomic E-state index is 0.348. The summed E-state index contributed by atoms with van der Waals surface area (Å²) in [5.41, 5.74) is 3.25. The predicted octanol–water partition coefficient (Wildman–Crippen LogP) is 1.53. The lowest BCUT2D eigenvalue weighted by molar-refractivity contribution is 0.0696. The first-order chi connectivity index (χ1) is 7.68. The van der Waals surface area contributed by atoms with Gasteiger partial charge >= 0.3 is 5.97 Å². The summed E-state index contributed by atoms with van der Waals surface area (Å²) in [6.45, 7) is 1.95. The van der Waals surface area contributed by atoms with E-state index in [-0.39, 0.29) is 0 Å². The molecule has 3 N–H and O–H groups in total. The van der Waals surface area contributed by atoms with Crippen molar-refractivity contribution in [2.24, 2.45) is 0 Å². The zero-order valence-electron chi connectivity index (χ0n) is 8.95. The topological polar surface area (TPSA) is 81.8 Å². The minimum Gasteiger partial charge on any atom is -0.478 e. The molecule has 0 radical (unpaired) electrons. The number of aryl methyl sites for hydroxylation is 3. The van der Waals surface area contributed by atoms with Crippen molar-refractivity contribution in [1.29, 1.82) is 0 Å². The molecule has 2 heterocycles. The van der Waals surface area contributed by atoms with Crippen LogP contribution in [0, 0.1) is 6.92 Å². The third-order valence-electron chi connectivity index (χ3n) is 2.64. The van der Waals surface area contributed by atoms with E-state index in [2.05, 4.69) is 15.2 Å². The van der Waals surface area contributed by atoms with Crippen LogP contribution in [0.4, 0.5) is 0 Å². The van der Waals surface area contributed by atoms with E-state index in [1.165, 1.54) is 0 Å². The van der Waals surface area contributed by atoms with Crippen molar-refractivity contribution in [3.63, 3.8) is 0 Å². The van der Waals surface area contributed by atoms with Gasteiger partial charge in [0, 0.05) is 17.6 Å². The molecule has 0 aliphatic heterocycles. The van der Waals surface area contributed by atoms with Crippen LogP contribution in [-0.4, -0.2) is 26.3 Å². The van der Waals surface area contributed by atoms with Crippen molar-refractivity contribution in [1.82, 2.24) is 15.2 Å². The minimum atomic E-state index is -0.889. The van der Waals surface area contributed by atoms with Gasteiger partial charge in [0.15, 0.2) is 0 Å². The Kier molecular flexibility index (Phi) is 2.76. The van der Waals surface area contributed by atoms with Crippen LogP contribution < -0.4 is 0 Å². The van der Waals surface area contributed by atoms with E-state index in [0.29, 0.717) is 12.0 Å². The van der Waals surface area contributed by atoms with E-state index in [1.807, 2.05) is 6.92 Å². The molecule has 5 heteroatoms. The van der Waals surface area contributed by atoms with Crippen LogP contribution in [0.15, 0.2) is 18.5 Å². The molecular weight excluding hydrogens is 206 g/mol. The number of hydrogen-bond donors (Lipinski definition) is 3. The number of aromatic carboxylic acids is 1. The van der Waals surface area contributed by atoms with Gasteiger partial charge in [-0.3, -0.25) is 5.10 Å². The number of aromatic amines is 2. The van der Waals surface area contributed by atoms with Crippen molar-refractivity contribution in [2.45, 2.75) is 19.8 Å². The highest BCUT2D eigenvalue weighted by molar-refractivity contribution is 5.88. The molecule has 0 aliphatic carbocycles. The Balaban J connectivity index is 2.08. The maximum atomic E-state index is 10.9. The molecular formula is C11H13N3O2. The molecule has 0 aliphatic rings. The van der Waals surface area contributed by atoms with E-state index in [0.717, 1.165) is 23.4 Å². The number of rotatable bonds is 4. The normalized spacial score (nSPS) is 10.6. The zero-order valence-corrected chi connectivity index (χ0v) is 8.95. The molecule has 0 saturated carbocycles. The van der Waals surface area contributed by atoms with Gasteiger partial charge in [-0.15, -0.1) is 0 Å². The Morgan fingerprint density at radius 2 is 2.31 bits per heavy atom. The molecule has 0 bridgehead atoms. The summed E-state index contributed by atoms with van der Waals surface area (Å²) in [7, 11) is 0. The standard InChI is InChI=1S/C11H13N3O2/c1-7-8(6-13-14-7)2-3-10-9(11(15)16)4-5-12-10/h4-6,12H,2-3H2,1H3,(H,13,14)(H,15,16). The highest BCUT2D eigenvalue weighted by Crippen LogP contribution is 2.12. The van der Waals surface area contributed by atoms with E-state index in [4.69, 9.17) is 5.11 Å². The van der Waals surface area contributed by atoms with E-state index < -0.39 is 5.97 Å². The first kappa shape index (κ1) is 10.5. The van der Waals surface area contributed by atoms with Gasteiger partial charge in [0.05, 0.1) is 11.8 Å². The Bertz CT molecular complexity index is 499. The highest BCUT2D eigenvalue weighted by atomic mass is 16.4. The van der Waals surface area contributed by atoms with Crippen LogP contribution in [0.5, 0.6) is 0 Å². The smallest absolute Gasteiger partial charge is 0.337 e. The molecule has 0 atom stereocenters. The third kappa shape index (κ3) is 1.98. The summed E-state index contributed by atoms with van der Waals surface area (Å²) in [4.78, 5) is 13.8. The number of carbonyl (C=O) groups is 1. The fraction of sp³-hybridized carbons (Fsp3) is 0.273. The van der Waals surface area contributed by atoms with E-state index in [9.17, 15) is 4.79 Å². The second-order valence-corrected chi connectivity index (χ2v) is 3.70. The van der Waals surface area contributed by atoms with Gasteiger partial charge in [-0.25, -0.2) is 4.79 Å². The van der Waals surface area contributed by atoms with Gasteiger partial charge in [0.2, 0.25) is 0 Å². The predicted molar refractivity (Wildman–Crippen MR) is 58.5 cm³/mol. The summed E-state index contributed by atoms with van der Waals surface area (Å²) in [5.74, 6) is -0.889. The molecule has 0 aromatic carbocycles. The van der Waals surface area contributed by atoms with Crippen molar-refractivity contribution in [3.8, 4) is 0 Å². The molecule has 2 rings (SSSR count). The molecule has 0 amide bonds. The van der Waals surface area contributed by atoms with Crippen molar-refractivity contribution in [2.75, 3.05) is 0 Å². The Labute approximate surface area is 92.5 Å². The Morgan fingerprint density at radius 1 is 1.50 bits per heavy atom. The highest BCUT2D eigenvalue weighted by Gasteiger charge is 2.11. The van der Waals surface area contributed by atoms with Crippen LogP contribution in [0.2, 0.25) is 0 Å². The van der Waals surface area contributed by atoms with Gasteiger partial charge < -0.3 is 10.1 Å². The van der Waals surface area contributed by atoms with Gasteiger partial charge in [-0.2, -0.15) is 5.10 Å². The maximum Gasteiger partial charge on any atom is 0.337 e. The summed E-state index contributed by atoms with van der Waals surface area (Å²) < 4.78 is 0. The first-order valence-corrected chi connectivity index (χ1v) is 5.07. The SMILES string of the molecule is Cc1[nH]ncc1CCc1[nH]ccc1C(=O)O. The molecule has 5 nitrogen and oxygen atoms in total. The largest absolute Gasteiger partial charge is 0.478 e. The summed E-state index contributed by atoms with van der Waals surface area (Å²) >= 11 is 0. The third-order valence-corrected chi connectivity index (χ3v) is 2.64. The van der Waals surface area contributed by atoms with E-state index >= 15 is 0 Å². The zero-order chi connectivity index (χ0) is 11.5. The van der Waals surface area contributed by atoms with Crippen LogP contribution in [0.1, 0.15) is 27.3 Å². The number of nitrogens with one attached hydrogen (secondary N) is 2. The van der Waals surface area contributed by atoms with Crippen LogP contribution in [0.3, 0.4) is 0 Å². The second kappa shape index (κ2) is 4.22. The molecule has 84 valence electrons. The number of aromatic nitrogens is 3. The fourth-order valence-corrected chi connectivity index (χ4v) is 1.70. The monoisotopic (exact) mass is 219 g/mol. The average Bonchev–Trinajstić information content (AvgIpc) is 2.83. The number of carboxylic acid groups (broad SMARTS) is 1. The maximum absolute atomic E-state index is 10.9. The molecule has 0 spiro atoms. The van der Waals surface area contributed by atoms with Gasteiger partial charge in [0.1, 0.15) is 0 Å². The number of H-pyrrole nitrogens is 2. The molecule has 0 fully saturated rings. The lowest BCUT2D eigenvalue weighted by Crippen LogP contribution is -2.01. The lowest BCUT2D eigenvalue weighted by Gasteiger charge is -2.00. The van der Waals surface area contributed by atoms with Crippen LogP contribution >= 0.6 is 0 Å². The van der Waals surface area contributed by atoms with Crippen molar-refractivity contribution >= 4 is 5.97 Å². The van der Waals surface area contributed by atoms with Gasteiger partial charge in [0.25, 0.3) is 0 Å². The summed E-state index contributed by atoms with van der Waals surface area (Å²) in [5, 5.41) is 15.7. The number of hydrogen-bond acceptors (Lipinski definition) is 2. The molecule has 2 aromatic heterocycles. The number of nitrogens with zero attached hydrogens (tertiary/aromatic N) is 1. The fourth-order valence-electron chi connectivity index (χ4n) is 1.70. The molecule has 0 saturated heterocycles. The van der Waals surface area contributed by atoms with Gasteiger partial charge in [-0.05, 0) is 31.4 Å². The number of carboxylic acids is 1. The average molecular weight is 219 g/mol. The Morgan fingerprint density at radius 3 is 2.94 bits per heavy atom. The second-order valence-electron chi connectivity index (χ2n) is 3.70. The quantitative estimate of drug-likeness (QED) is 0.729. The van der Waals surface area contributed by atoms with Crippen LogP contribution in [-0.2, 0) is 12.8 Å². The van der Waals surface area contributed by atoms with Crippen molar-refractivity contribution in [3.05, 3.63) is 41.0 Å². The van der Waals surface area contributed by atoms with Crippen LogP contribution in [0.25, 0.3) is 0 Å². The Hall–Kier alpha value is -2.04. The van der Waals surface area contributed by atoms with Crippen molar-refractivity contribution < 1.29 is 9.90 Å². The lowest BCUT2D eigenvalue weighted by atomic mass is 10.1. The van der Waals surface area contributed by atoms with E-state index in [1.54, 1.807) is 18.5 Å². The molecule has 0 unspecified atom stereocenters. The van der Waals surface area contributed by atoms with Gasteiger partial charge in [-0.1, -0.05) is 0 Å².